The monoisotopic (exact) mass is 389 g/mol. The molecule has 0 spiro atoms. The van der Waals surface area contributed by atoms with Crippen LogP contribution in [0.1, 0.15) is 20.8 Å². The van der Waals surface area contributed by atoms with Crippen molar-refractivity contribution in [2.75, 3.05) is 5.32 Å². The van der Waals surface area contributed by atoms with E-state index in [1.165, 1.54) is 6.07 Å². The van der Waals surface area contributed by atoms with Crippen LogP contribution in [0.3, 0.4) is 0 Å². The van der Waals surface area contributed by atoms with Gasteiger partial charge in [-0.1, -0.05) is 18.2 Å². The van der Waals surface area contributed by atoms with Crippen LogP contribution in [0.2, 0.25) is 0 Å². The van der Waals surface area contributed by atoms with E-state index in [2.05, 4.69) is 10.1 Å². The first-order valence-corrected chi connectivity index (χ1v) is 9.02. The van der Waals surface area contributed by atoms with Crippen LogP contribution in [0.4, 0.5) is 14.5 Å². The minimum absolute atomic E-state index is 0.0239. The minimum Gasteiger partial charge on any atom is -0.488 e. The second kappa shape index (κ2) is 8.64. The Morgan fingerprint density at radius 2 is 1.96 bits per heavy atom. The summed E-state index contributed by atoms with van der Waals surface area (Å²) in [6.45, 7) is -0.894. The molecule has 140 valence electrons. The van der Waals surface area contributed by atoms with Crippen molar-refractivity contribution in [2.45, 2.75) is 20.1 Å². The Morgan fingerprint density at radius 1 is 1.15 bits per heavy atom. The van der Waals surface area contributed by atoms with Gasteiger partial charge in [-0.15, -0.1) is 11.3 Å². The number of benzene rings is 2. The van der Waals surface area contributed by atoms with E-state index in [9.17, 15) is 13.6 Å². The lowest BCUT2D eigenvalue weighted by atomic mass is 10.1. The first-order chi connectivity index (χ1) is 13.0. The Kier molecular flexibility index (Phi) is 6.03. The second-order valence-corrected chi connectivity index (χ2v) is 6.69. The third-order valence-electron chi connectivity index (χ3n) is 3.81. The highest BCUT2D eigenvalue weighted by Gasteiger charge is 2.13. The summed E-state index contributed by atoms with van der Waals surface area (Å²) in [5.74, 6) is 0.229. The van der Waals surface area contributed by atoms with Gasteiger partial charge in [-0.3, -0.25) is 4.79 Å². The third kappa shape index (κ3) is 5.04. The molecule has 3 aromatic rings. The average molecular weight is 389 g/mol. The fourth-order valence-electron chi connectivity index (χ4n) is 2.44. The van der Waals surface area contributed by atoms with Gasteiger partial charge in [0.1, 0.15) is 18.1 Å². The fraction of sp³-hybridized carbons (Fsp3) is 0.150. The predicted octanol–water partition coefficient (Wildman–Crippen LogP) is 5.49. The number of hydrogen-bond donors (Lipinski definition) is 1. The highest BCUT2D eigenvalue weighted by molar-refractivity contribution is 7.09. The molecule has 1 aromatic heterocycles. The maximum atomic E-state index is 12.5. The Morgan fingerprint density at radius 3 is 2.70 bits per heavy atom. The van der Waals surface area contributed by atoms with E-state index in [0.717, 1.165) is 4.88 Å². The summed E-state index contributed by atoms with van der Waals surface area (Å²) in [7, 11) is 0. The van der Waals surface area contributed by atoms with E-state index < -0.39 is 6.61 Å². The molecule has 0 bridgehead atoms. The van der Waals surface area contributed by atoms with E-state index >= 15 is 0 Å². The molecule has 0 atom stereocenters. The van der Waals surface area contributed by atoms with E-state index in [4.69, 9.17) is 4.74 Å². The molecule has 0 aliphatic carbocycles. The van der Waals surface area contributed by atoms with Gasteiger partial charge < -0.3 is 14.8 Å². The molecular weight excluding hydrogens is 372 g/mol. The molecule has 2 aromatic carbocycles. The van der Waals surface area contributed by atoms with Crippen molar-refractivity contribution in [1.29, 1.82) is 0 Å². The number of ether oxygens (including phenoxy) is 2. The van der Waals surface area contributed by atoms with Crippen LogP contribution in [-0.2, 0) is 6.61 Å². The number of thiophene rings is 1. The zero-order valence-electron chi connectivity index (χ0n) is 14.4. The van der Waals surface area contributed by atoms with Crippen LogP contribution < -0.4 is 14.8 Å². The topological polar surface area (TPSA) is 47.6 Å². The zero-order valence-corrected chi connectivity index (χ0v) is 15.3. The molecule has 0 saturated carbocycles. The number of rotatable bonds is 7. The first-order valence-electron chi connectivity index (χ1n) is 8.14. The van der Waals surface area contributed by atoms with Gasteiger partial charge in [0.25, 0.3) is 5.91 Å². The van der Waals surface area contributed by atoms with Gasteiger partial charge in [-0.2, -0.15) is 8.78 Å². The SMILES string of the molecule is Cc1c(NC(=O)c2cccc(OCc3cccs3)c2)cccc1OC(F)F. The van der Waals surface area contributed by atoms with Gasteiger partial charge in [-0.25, -0.2) is 0 Å². The Labute approximate surface area is 159 Å². The normalized spacial score (nSPS) is 10.7. The highest BCUT2D eigenvalue weighted by atomic mass is 32.1. The van der Waals surface area contributed by atoms with Gasteiger partial charge >= 0.3 is 6.61 Å². The van der Waals surface area contributed by atoms with E-state index in [-0.39, 0.29) is 11.7 Å². The summed E-state index contributed by atoms with van der Waals surface area (Å²) in [6.07, 6.45) is 0. The van der Waals surface area contributed by atoms with Crippen molar-refractivity contribution in [2.24, 2.45) is 0 Å². The highest BCUT2D eigenvalue weighted by Crippen LogP contribution is 2.27. The summed E-state index contributed by atoms with van der Waals surface area (Å²) in [6, 6.07) is 15.3. The Balaban J connectivity index is 1.70. The molecule has 4 nitrogen and oxygen atoms in total. The van der Waals surface area contributed by atoms with Gasteiger partial charge in [0.05, 0.1) is 0 Å². The molecule has 27 heavy (non-hydrogen) atoms. The molecule has 7 heteroatoms. The lowest BCUT2D eigenvalue weighted by Gasteiger charge is -2.13. The molecular formula is C20H17F2NO3S. The third-order valence-corrected chi connectivity index (χ3v) is 4.66. The molecule has 1 amide bonds. The number of hydrogen-bond acceptors (Lipinski definition) is 4. The molecule has 0 aliphatic heterocycles. The molecule has 0 unspecified atom stereocenters. The lowest BCUT2D eigenvalue weighted by molar-refractivity contribution is -0.0502. The van der Waals surface area contributed by atoms with Crippen LogP contribution in [0.25, 0.3) is 0 Å². The summed E-state index contributed by atoms with van der Waals surface area (Å²) in [5, 5.41) is 4.69. The number of nitrogens with one attached hydrogen (secondary N) is 1. The van der Waals surface area contributed by atoms with E-state index in [0.29, 0.717) is 29.2 Å². The molecule has 0 aliphatic rings. The number of anilines is 1. The van der Waals surface area contributed by atoms with Crippen molar-refractivity contribution in [3.8, 4) is 11.5 Å². The van der Waals surface area contributed by atoms with Gasteiger partial charge in [-0.05, 0) is 48.7 Å². The Bertz CT molecular complexity index is 913. The smallest absolute Gasteiger partial charge is 0.387 e. The van der Waals surface area contributed by atoms with Crippen LogP contribution in [-0.4, -0.2) is 12.5 Å². The largest absolute Gasteiger partial charge is 0.488 e. The second-order valence-electron chi connectivity index (χ2n) is 5.66. The summed E-state index contributed by atoms with van der Waals surface area (Å²) < 4.78 is 35.1. The molecule has 0 fully saturated rings. The zero-order chi connectivity index (χ0) is 19.2. The molecule has 0 radical (unpaired) electrons. The fourth-order valence-corrected chi connectivity index (χ4v) is 3.06. The van der Waals surface area contributed by atoms with Crippen LogP contribution >= 0.6 is 11.3 Å². The van der Waals surface area contributed by atoms with Gasteiger partial charge in [0, 0.05) is 21.7 Å². The maximum absolute atomic E-state index is 12.5. The maximum Gasteiger partial charge on any atom is 0.387 e. The summed E-state index contributed by atoms with van der Waals surface area (Å²) in [5.41, 5.74) is 1.23. The van der Waals surface area contributed by atoms with Crippen molar-refractivity contribution < 1.29 is 23.0 Å². The number of halogens is 2. The van der Waals surface area contributed by atoms with Crippen LogP contribution in [0.5, 0.6) is 11.5 Å². The first kappa shape index (κ1) is 18.8. The Hall–Kier alpha value is -2.93. The standard InChI is InChI=1S/C20H17F2NO3S/c1-13-17(8-3-9-18(13)26-20(21)22)23-19(24)14-5-2-6-15(11-14)25-12-16-7-4-10-27-16/h2-11,20H,12H2,1H3,(H,23,24). The predicted molar refractivity (Wildman–Crippen MR) is 101 cm³/mol. The number of carbonyl (C=O) groups excluding carboxylic acids is 1. The van der Waals surface area contributed by atoms with Crippen LogP contribution in [0.15, 0.2) is 60.0 Å². The van der Waals surface area contributed by atoms with Gasteiger partial charge in [0.15, 0.2) is 0 Å². The number of amides is 1. The number of alkyl halides is 2. The van der Waals surface area contributed by atoms with Gasteiger partial charge in [0.2, 0.25) is 0 Å². The minimum atomic E-state index is -2.92. The average Bonchev–Trinajstić information content (AvgIpc) is 3.17. The molecule has 0 saturated heterocycles. The molecule has 1 heterocycles. The number of carbonyl (C=O) groups is 1. The molecule has 3 rings (SSSR count). The van der Waals surface area contributed by atoms with Crippen LogP contribution in [0, 0.1) is 6.92 Å². The van der Waals surface area contributed by atoms with Crippen molar-refractivity contribution >= 4 is 22.9 Å². The molecule has 1 N–H and O–H groups in total. The quantitative estimate of drug-likeness (QED) is 0.581. The summed E-state index contributed by atoms with van der Waals surface area (Å²) >= 11 is 1.59. The van der Waals surface area contributed by atoms with E-state index in [1.807, 2.05) is 17.5 Å². The lowest BCUT2D eigenvalue weighted by Crippen LogP contribution is -2.13. The van der Waals surface area contributed by atoms with Crippen molar-refractivity contribution in [1.82, 2.24) is 0 Å². The summed E-state index contributed by atoms with van der Waals surface area (Å²) in [4.78, 5) is 13.6. The van der Waals surface area contributed by atoms with Crippen molar-refractivity contribution in [3.05, 3.63) is 76.0 Å². The van der Waals surface area contributed by atoms with Crippen molar-refractivity contribution in [3.63, 3.8) is 0 Å². The van der Waals surface area contributed by atoms with E-state index in [1.54, 1.807) is 54.7 Å².